The molecule has 0 aliphatic carbocycles. The van der Waals surface area contributed by atoms with Crippen molar-refractivity contribution in [1.29, 1.82) is 0 Å². The molecule has 0 unspecified atom stereocenters. The summed E-state index contributed by atoms with van der Waals surface area (Å²) in [6, 6.07) is 7.43. The van der Waals surface area contributed by atoms with E-state index in [4.69, 9.17) is 0 Å². The van der Waals surface area contributed by atoms with Gasteiger partial charge in [-0.05, 0) is 17.7 Å². The molecule has 4 heteroatoms. The highest BCUT2D eigenvalue weighted by molar-refractivity contribution is 7.65. The van der Waals surface area contributed by atoms with E-state index < -0.39 is 0 Å². The Hall–Kier alpha value is -1.55. The molecule has 3 nitrogen and oxygen atoms in total. The fraction of sp³-hybridized carbons (Fsp3) is 0. The zero-order valence-electron chi connectivity index (χ0n) is 6.73. The first-order valence-electron chi connectivity index (χ1n) is 3.79. The van der Waals surface area contributed by atoms with Crippen molar-refractivity contribution in [2.24, 2.45) is 0 Å². The third-order valence-corrected chi connectivity index (χ3v) is 2.25. The van der Waals surface area contributed by atoms with Crippen molar-refractivity contribution in [3.63, 3.8) is 0 Å². The number of nitrogens with one attached hydrogen (secondary N) is 1. The van der Waals surface area contributed by atoms with Crippen molar-refractivity contribution in [3.05, 3.63) is 36.7 Å². The lowest BCUT2D eigenvalue weighted by Crippen LogP contribution is -1.75. The Bertz CT molecular complexity index is 394. The fourth-order valence-corrected chi connectivity index (χ4v) is 1.36. The van der Waals surface area contributed by atoms with Crippen LogP contribution in [-0.2, 0) is 15.9 Å². The molecule has 0 radical (unpaired) electrons. The molecule has 0 atom stereocenters. The zero-order chi connectivity index (χ0) is 9.10. The normalized spacial score (nSPS) is 9.85. The van der Waals surface area contributed by atoms with Gasteiger partial charge in [-0.25, -0.2) is 0 Å². The topological polar surface area (TPSA) is 45.8 Å². The maximum atomic E-state index is 10.4. The van der Waals surface area contributed by atoms with Crippen molar-refractivity contribution in [2.75, 3.05) is 0 Å². The number of hydrogen-bond acceptors (Lipinski definition) is 2. The second-order valence-corrected chi connectivity index (χ2v) is 3.23. The average Bonchev–Trinajstić information content (AvgIpc) is 2.71. The Morgan fingerprint density at radius 3 is 2.46 bits per heavy atom. The minimum Gasteiger partial charge on any atom is -0.285 e. The van der Waals surface area contributed by atoms with Crippen molar-refractivity contribution in [1.82, 2.24) is 10.2 Å². The second kappa shape index (κ2) is 3.45. The summed E-state index contributed by atoms with van der Waals surface area (Å²) < 4.78 is 10.4. The van der Waals surface area contributed by atoms with E-state index in [1.54, 1.807) is 18.3 Å². The molecule has 0 bridgehead atoms. The zero-order valence-corrected chi connectivity index (χ0v) is 7.54. The molecular weight excluding hydrogens is 184 g/mol. The van der Waals surface area contributed by atoms with E-state index >= 15 is 0 Å². The van der Waals surface area contributed by atoms with Gasteiger partial charge in [0.1, 0.15) is 0 Å². The molecule has 2 rings (SSSR count). The number of hydrogen-bond donors (Lipinski definition) is 1. The second-order valence-electron chi connectivity index (χ2n) is 2.59. The SMILES string of the molecule is O=[S+]c1ccc(-c2cn[nH]c2)cc1. The predicted molar refractivity (Wildman–Crippen MR) is 50.3 cm³/mol. The van der Waals surface area contributed by atoms with Crippen LogP contribution in [0, 0.1) is 0 Å². The van der Waals surface area contributed by atoms with Crippen LogP contribution in [0.1, 0.15) is 0 Å². The molecule has 0 fully saturated rings. The Labute approximate surface area is 79.3 Å². The van der Waals surface area contributed by atoms with Gasteiger partial charge in [0.05, 0.1) is 6.20 Å². The van der Waals surface area contributed by atoms with Gasteiger partial charge < -0.3 is 0 Å². The van der Waals surface area contributed by atoms with Crippen LogP contribution >= 0.6 is 0 Å². The molecule has 1 aromatic carbocycles. The van der Waals surface area contributed by atoms with Crippen molar-refractivity contribution in [3.8, 4) is 11.1 Å². The number of aromatic nitrogens is 2. The van der Waals surface area contributed by atoms with E-state index in [1.807, 2.05) is 18.3 Å². The molecule has 0 saturated heterocycles. The lowest BCUT2D eigenvalue weighted by molar-refractivity contribution is 0.605. The molecule has 1 heterocycles. The molecule has 0 amide bonds. The molecule has 0 aliphatic heterocycles. The number of H-pyrrole nitrogens is 1. The van der Waals surface area contributed by atoms with Crippen molar-refractivity contribution in [2.45, 2.75) is 4.90 Å². The van der Waals surface area contributed by atoms with Crippen molar-refractivity contribution < 1.29 is 4.21 Å². The third kappa shape index (κ3) is 1.62. The molecular formula is C9H7N2OS+. The summed E-state index contributed by atoms with van der Waals surface area (Å²) in [7, 11) is 0. The fourth-order valence-electron chi connectivity index (χ4n) is 1.11. The van der Waals surface area contributed by atoms with E-state index in [0.29, 0.717) is 11.7 Å². The molecule has 64 valence electrons. The van der Waals surface area contributed by atoms with Gasteiger partial charge in [0.2, 0.25) is 0 Å². The largest absolute Gasteiger partial charge is 0.505 e. The average molecular weight is 191 g/mol. The molecule has 2 aromatic rings. The highest BCUT2D eigenvalue weighted by Gasteiger charge is 2.05. The van der Waals surface area contributed by atoms with E-state index in [0.717, 1.165) is 16.0 Å². The van der Waals surface area contributed by atoms with Crippen LogP contribution in [0.25, 0.3) is 11.1 Å². The van der Waals surface area contributed by atoms with Gasteiger partial charge in [0, 0.05) is 28.1 Å². The summed E-state index contributed by atoms with van der Waals surface area (Å²) in [5.41, 5.74) is 2.09. The summed E-state index contributed by atoms with van der Waals surface area (Å²) in [4.78, 5) is 0.729. The smallest absolute Gasteiger partial charge is 0.285 e. The first-order chi connectivity index (χ1) is 6.40. The summed E-state index contributed by atoms with van der Waals surface area (Å²) in [5.74, 6) is 0. The van der Waals surface area contributed by atoms with Gasteiger partial charge >= 0.3 is 11.7 Å². The number of benzene rings is 1. The standard InChI is InChI=1S/C9H7N2OS/c12-13-9-3-1-7(2-4-9)8-5-10-11-6-8/h1-6H,(H,10,11)/q+1. The van der Waals surface area contributed by atoms with Gasteiger partial charge in [-0.2, -0.15) is 5.10 Å². The van der Waals surface area contributed by atoms with E-state index in [9.17, 15) is 4.21 Å². The molecule has 1 N–H and O–H groups in total. The van der Waals surface area contributed by atoms with Crippen LogP contribution in [0.2, 0.25) is 0 Å². The molecule has 0 spiro atoms. The van der Waals surface area contributed by atoms with E-state index in [-0.39, 0.29) is 0 Å². The Balaban J connectivity index is 2.38. The molecule has 13 heavy (non-hydrogen) atoms. The van der Waals surface area contributed by atoms with Crippen LogP contribution in [0.15, 0.2) is 41.6 Å². The van der Waals surface area contributed by atoms with E-state index in [1.165, 1.54) is 0 Å². The summed E-state index contributed by atoms with van der Waals surface area (Å²) in [6.07, 6.45) is 3.57. The Morgan fingerprint density at radius 2 is 1.92 bits per heavy atom. The van der Waals surface area contributed by atoms with Crippen molar-refractivity contribution >= 4 is 11.7 Å². The Morgan fingerprint density at radius 1 is 1.15 bits per heavy atom. The minimum atomic E-state index is 0.501. The maximum Gasteiger partial charge on any atom is 0.505 e. The van der Waals surface area contributed by atoms with Gasteiger partial charge in [-0.1, -0.05) is 0 Å². The van der Waals surface area contributed by atoms with Gasteiger partial charge in [0.25, 0.3) is 4.90 Å². The van der Waals surface area contributed by atoms with Crippen LogP contribution in [0.4, 0.5) is 0 Å². The minimum absolute atomic E-state index is 0.501. The first-order valence-corrected chi connectivity index (χ1v) is 4.53. The number of nitrogens with zero attached hydrogens (tertiary/aromatic N) is 1. The molecule has 1 aromatic heterocycles. The summed E-state index contributed by atoms with van der Waals surface area (Å²) >= 11 is 0.501. The highest BCUT2D eigenvalue weighted by Crippen LogP contribution is 2.17. The van der Waals surface area contributed by atoms with Gasteiger partial charge in [-0.15, -0.1) is 0 Å². The van der Waals surface area contributed by atoms with Crippen LogP contribution < -0.4 is 0 Å². The van der Waals surface area contributed by atoms with Gasteiger partial charge in [-0.3, -0.25) is 5.10 Å². The summed E-state index contributed by atoms with van der Waals surface area (Å²) in [6.45, 7) is 0. The molecule has 0 aliphatic rings. The monoisotopic (exact) mass is 191 g/mol. The lowest BCUT2D eigenvalue weighted by atomic mass is 10.1. The number of rotatable bonds is 2. The summed E-state index contributed by atoms with van der Waals surface area (Å²) in [5, 5.41) is 6.59. The van der Waals surface area contributed by atoms with Crippen LogP contribution in [-0.4, -0.2) is 10.2 Å². The van der Waals surface area contributed by atoms with Crippen LogP contribution in [0.3, 0.4) is 0 Å². The predicted octanol–water partition coefficient (Wildman–Crippen LogP) is 1.86. The van der Waals surface area contributed by atoms with E-state index in [2.05, 4.69) is 10.2 Å². The highest BCUT2D eigenvalue weighted by atomic mass is 32.1. The first kappa shape index (κ1) is 8.07. The van der Waals surface area contributed by atoms with Crippen LogP contribution in [0.5, 0.6) is 0 Å². The number of aromatic amines is 1. The Kier molecular flexibility index (Phi) is 2.14. The maximum absolute atomic E-state index is 10.4. The lowest BCUT2D eigenvalue weighted by Gasteiger charge is -1.92. The third-order valence-electron chi connectivity index (χ3n) is 1.78. The molecule has 0 saturated carbocycles. The van der Waals surface area contributed by atoms with Gasteiger partial charge in [0.15, 0.2) is 0 Å². The quantitative estimate of drug-likeness (QED) is 0.736.